The smallest absolute Gasteiger partial charge is 0.423 e. The fourth-order valence-corrected chi connectivity index (χ4v) is 4.01. The standard InChI is InChI=1S/C27H25BO2/c1-20-9-8-14-24(19-20)27(22-12-6-3-7-13-22)26(21-10-4-2-5-11-21)23-15-17-25(18-16-23)28(29)30/h2-18,20,29-30H,19H2,1H3/b27-26+. The second-order valence-electron chi connectivity index (χ2n) is 7.74. The van der Waals surface area contributed by atoms with E-state index in [0.29, 0.717) is 11.4 Å². The molecule has 3 aromatic carbocycles. The van der Waals surface area contributed by atoms with Gasteiger partial charge in [0.05, 0.1) is 0 Å². The molecule has 1 aliphatic carbocycles. The third-order valence-electron chi connectivity index (χ3n) is 5.47. The quantitative estimate of drug-likeness (QED) is 0.482. The van der Waals surface area contributed by atoms with E-state index in [1.54, 1.807) is 12.1 Å². The summed E-state index contributed by atoms with van der Waals surface area (Å²) in [5, 5.41) is 19.0. The summed E-state index contributed by atoms with van der Waals surface area (Å²) in [6.45, 7) is 2.24. The van der Waals surface area contributed by atoms with Gasteiger partial charge in [0.1, 0.15) is 0 Å². The molecule has 0 fully saturated rings. The van der Waals surface area contributed by atoms with Gasteiger partial charge in [-0.1, -0.05) is 110 Å². The first-order valence-electron chi connectivity index (χ1n) is 10.3. The van der Waals surface area contributed by atoms with Crippen LogP contribution in [0, 0.1) is 5.92 Å². The highest BCUT2D eigenvalue weighted by molar-refractivity contribution is 6.58. The Morgan fingerprint density at radius 2 is 1.27 bits per heavy atom. The lowest BCUT2D eigenvalue weighted by Crippen LogP contribution is -2.29. The Hall–Kier alpha value is -3.14. The second kappa shape index (κ2) is 9.12. The summed E-state index contributed by atoms with van der Waals surface area (Å²) in [6, 6.07) is 28.4. The Kier molecular flexibility index (Phi) is 6.13. The van der Waals surface area contributed by atoms with Crippen LogP contribution in [0.25, 0.3) is 11.1 Å². The van der Waals surface area contributed by atoms with Crippen molar-refractivity contribution in [1.29, 1.82) is 0 Å². The van der Waals surface area contributed by atoms with E-state index in [1.165, 1.54) is 16.7 Å². The molecule has 1 aliphatic rings. The summed E-state index contributed by atoms with van der Waals surface area (Å²) in [5.41, 5.74) is 7.52. The van der Waals surface area contributed by atoms with E-state index in [9.17, 15) is 10.0 Å². The molecule has 0 bridgehead atoms. The predicted molar refractivity (Wildman–Crippen MR) is 126 cm³/mol. The van der Waals surface area contributed by atoms with Gasteiger partial charge in [-0.15, -0.1) is 0 Å². The van der Waals surface area contributed by atoms with Crippen LogP contribution in [0.15, 0.2) is 109 Å². The van der Waals surface area contributed by atoms with E-state index in [2.05, 4.69) is 73.7 Å². The summed E-state index contributed by atoms with van der Waals surface area (Å²) < 4.78 is 0. The van der Waals surface area contributed by atoms with Crippen LogP contribution in [-0.2, 0) is 0 Å². The van der Waals surface area contributed by atoms with Crippen molar-refractivity contribution in [2.75, 3.05) is 0 Å². The van der Waals surface area contributed by atoms with Crippen LogP contribution >= 0.6 is 0 Å². The van der Waals surface area contributed by atoms with E-state index in [4.69, 9.17) is 0 Å². The van der Waals surface area contributed by atoms with Crippen molar-refractivity contribution in [3.05, 3.63) is 125 Å². The number of rotatable bonds is 5. The van der Waals surface area contributed by atoms with Crippen molar-refractivity contribution in [2.24, 2.45) is 5.92 Å². The minimum absolute atomic E-state index is 0.479. The average Bonchev–Trinajstić information content (AvgIpc) is 2.78. The average molecular weight is 392 g/mol. The zero-order valence-corrected chi connectivity index (χ0v) is 17.1. The van der Waals surface area contributed by atoms with Crippen molar-refractivity contribution in [2.45, 2.75) is 13.3 Å². The summed E-state index contributed by atoms with van der Waals surface area (Å²) in [5.74, 6) is 0.479. The maximum atomic E-state index is 9.52. The molecule has 1 unspecified atom stereocenters. The SMILES string of the molecule is CC1C=CC=C(/C(=C(\c2ccccc2)c2ccc(B(O)O)cc2)c2ccccc2)C1. The Morgan fingerprint density at radius 3 is 1.80 bits per heavy atom. The normalized spacial score (nSPS) is 16.6. The molecule has 4 rings (SSSR count). The van der Waals surface area contributed by atoms with E-state index in [0.717, 1.165) is 23.1 Å². The van der Waals surface area contributed by atoms with Gasteiger partial charge in [0, 0.05) is 0 Å². The van der Waals surface area contributed by atoms with Gasteiger partial charge in [-0.3, -0.25) is 0 Å². The first-order chi connectivity index (χ1) is 14.6. The molecule has 0 radical (unpaired) electrons. The van der Waals surface area contributed by atoms with Crippen molar-refractivity contribution >= 4 is 23.7 Å². The van der Waals surface area contributed by atoms with Gasteiger partial charge in [-0.25, -0.2) is 0 Å². The summed E-state index contributed by atoms with van der Waals surface area (Å²) >= 11 is 0. The highest BCUT2D eigenvalue weighted by Gasteiger charge is 2.20. The number of allylic oxidation sites excluding steroid dienone is 5. The molecule has 0 amide bonds. The largest absolute Gasteiger partial charge is 0.488 e. The molecule has 2 N–H and O–H groups in total. The van der Waals surface area contributed by atoms with Crippen LogP contribution in [0.2, 0.25) is 0 Å². The lowest BCUT2D eigenvalue weighted by molar-refractivity contribution is 0.426. The minimum atomic E-state index is -1.47. The van der Waals surface area contributed by atoms with E-state index in [1.807, 2.05) is 24.3 Å². The zero-order valence-electron chi connectivity index (χ0n) is 17.1. The third-order valence-corrected chi connectivity index (χ3v) is 5.47. The fourth-order valence-electron chi connectivity index (χ4n) is 4.01. The number of hydrogen-bond donors (Lipinski definition) is 2. The Morgan fingerprint density at radius 1 is 0.733 bits per heavy atom. The summed E-state index contributed by atoms with van der Waals surface area (Å²) in [6.07, 6.45) is 7.59. The molecule has 2 nitrogen and oxygen atoms in total. The van der Waals surface area contributed by atoms with E-state index < -0.39 is 7.12 Å². The Labute approximate surface area is 178 Å². The van der Waals surface area contributed by atoms with Crippen LogP contribution in [0.5, 0.6) is 0 Å². The molecule has 3 aromatic rings. The predicted octanol–water partition coefficient (Wildman–Crippen LogP) is 4.85. The Bertz CT molecular complexity index is 1080. The van der Waals surface area contributed by atoms with Crippen LogP contribution in [0.1, 0.15) is 30.0 Å². The van der Waals surface area contributed by atoms with Gasteiger partial charge in [0.15, 0.2) is 0 Å². The van der Waals surface area contributed by atoms with Crippen LogP contribution in [-0.4, -0.2) is 17.2 Å². The molecule has 0 aromatic heterocycles. The Balaban J connectivity index is 2.01. The van der Waals surface area contributed by atoms with Crippen molar-refractivity contribution in [1.82, 2.24) is 0 Å². The molecular weight excluding hydrogens is 367 g/mol. The fraction of sp³-hybridized carbons (Fsp3) is 0.111. The lowest BCUT2D eigenvalue weighted by Gasteiger charge is -2.23. The highest BCUT2D eigenvalue weighted by Crippen LogP contribution is 2.39. The molecule has 0 heterocycles. The molecule has 0 saturated carbocycles. The molecule has 148 valence electrons. The van der Waals surface area contributed by atoms with Gasteiger partial charge in [0.25, 0.3) is 0 Å². The second-order valence-corrected chi connectivity index (χ2v) is 7.74. The van der Waals surface area contributed by atoms with Crippen LogP contribution < -0.4 is 5.46 Å². The highest BCUT2D eigenvalue weighted by atomic mass is 16.4. The van der Waals surface area contributed by atoms with Crippen LogP contribution in [0.4, 0.5) is 0 Å². The first kappa shape index (κ1) is 20.2. The molecule has 30 heavy (non-hydrogen) atoms. The minimum Gasteiger partial charge on any atom is -0.423 e. The van der Waals surface area contributed by atoms with Crippen molar-refractivity contribution in [3.8, 4) is 0 Å². The van der Waals surface area contributed by atoms with Gasteiger partial charge in [-0.2, -0.15) is 0 Å². The molecular formula is C27H25BO2. The van der Waals surface area contributed by atoms with Gasteiger partial charge < -0.3 is 10.0 Å². The zero-order chi connectivity index (χ0) is 20.9. The molecule has 1 atom stereocenters. The molecule has 0 aliphatic heterocycles. The van der Waals surface area contributed by atoms with Crippen LogP contribution in [0.3, 0.4) is 0 Å². The van der Waals surface area contributed by atoms with E-state index in [-0.39, 0.29) is 0 Å². The van der Waals surface area contributed by atoms with Crippen molar-refractivity contribution < 1.29 is 10.0 Å². The maximum absolute atomic E-state index is 9.52. The molecule has 3 heteroatoms. The first-order valence-corrected chi connectivity index (χ1v) is 10.3. The topological polar surface area (TPSA) is 40.5 Å². The van der Waals surface area contributed by atoms with Crippen molar-refractivity contribution in [3.63, 3.8) is 0 Å². The van der Waals surface area contributed by atoms with Gasteiger partial charge in [-0.05, 0) is 51.2 Å². The third kappa shape index (κ3) is 4.38. The summed E-state index contributed by atoms with van der Waals surface area (Å²) in [4.78, 5) is 0. The van der Waals surface area contributed by atoms with Gasteiger partial charge >= 0.3 is 7.12 Å². The lowest BCUT2D eigenvalue weighted by atomic mass is 9.78. The number of benzene rings is 3. The maximum Gasteiger partial charge on any atom is 0.488 e. The van der Waals surface area contributed by atoms with E-state index >= 15 is 0 Å². The number of hydrogen-bond acceptors (Lipinski definition) is 2. The summed E-state index contributed by atoms with van der Waals surface area (Å²) in [7, 11) is -1.47. The monoisotopic (exact) mass is 392 g/mol. The molecule has 0 saturated heterocycles. The van der Waals surface area contributed by atoms with Gasteiger partial charge in [0.2, 0.25) is 0 Å². The molecule has 0 spiro atoms.